The van der Waals surface area contributed by atoms with Crippen molar-refractivity contribution in [1.82, 2.24) is 9.80 Å². The van der Waals surface area contributed by atoms with Crippen LogP contribution in [0.4, 0.5) is 5.69 Å². The van der Waals surface area contributed by atoms with Crippen LogP contribution in [0, 0.1) is 0 Å². The Kier molecular flexibility index (Phi) is 4.63. The van der Waals surface area contributed by atoms with Crippen molar-refractivity contribution in [2.75, 3.05) is 38.0 Å². The highest BCUT2D eigenvalue weighted by molar-refractivity contribution is 5.99. The molecule has 6 heteroatoms. The number of aliphatic hydroxyl groups excluding tert-OH is 1. The van der Waals surface area contributed by atoms with Gasteiger partial charge in [-0.3, -0.25) is 14.5 Å². The number of aliphatic hydroxyl groups is 1. The van der Waals surface area contributed by atoms with Crippen molar-refractivity contribution >= 4 is 17.5 Å². The lowest BCUT2D eigenvalue weighted by Crippen LogP contribution is -2.48. The van der Waals surface area contributed by atoms with Crippen molar-refractivity contribution in [3.63, 3.8) is 0 Å². The monoisotopic (exact) mass is 317 g/mol. The second kappa shape index (κ2) is 6.68. The molecule has 0 radical (unpaired) electrons. The molecule has 6 nitrogen and oxygen atoms in total. The fourth-order valence-electron chi connectivity index (χ4n) is 3.21. The highest BCUT2D eigenvalue weighted by Crippen LogP contribution is 2.27. The minimum atomic E-state index is -0.526. The smallest absolute Gasteiger partial charge is 0.228 e. The molecule has 2 N–H and O–H groups in total. The molecule has 124 valence electrons. The van der Waals surface area contributed by atoms with Crippen molar-refractivity contribution in [2.45, 2.75) is 25.9 Å². The van der Waals surface area contributed by atoms with Gasteiger partial charge in [-0.05, 0) is 23.6 Å². The van der Waals surface area contributed by atoms with Gasteiger partial charge in [0.15, 0.2) is 0 Å². The molecular formula is C17H23N3O3. The first kappa shape index (κ1) is 16.0. The molecule has 23 heavy (non-hydrogen) atoms. The van der Waals surface area contributed by atoms with E-state index in [1.165, 1.54) is 0 Å². The first-order valence-corrected chi connectivity index (χ1v) is 8.11. The summed E-state index contributed by atoms with van der Waals surface area (Å²) < 4.78 is 0. The van der Waals surface area contributed by atoms with Crippen LogP contribution in [0.25, 0.3) is 0 Å². The number of carbonyl (C=O) groups is 2. The number of amides is 2. The third kappa shape index (κ3) is 3.71. The van der Waals surface area contributed by atoms with Gasteiger partial charge in [0, 0.05) is 45.3 Å². The van der Waals surface area contributed by atoms with E-state index in [0.717, 1.165) is 49.5 Å². The van der Waals surface area contributed by atoms with Crippen LogP contribution >= 0.6 is 0 Å². The largest absolute Gasteiger partial charge is 0.388 e. The van der Waals surface area contributed by atoms with E-state index in [9.17, 15) is 14.7 Å². The van der Waals surface area contributed by atoms with E-state index in [1.807, 2.05) is 23.1 Å². The van der Waals surface area contributed by atoms with Gasteiger partial charge >= 0.3 is 0 Å². The topological polar surface area (TPSA) is 72.9 Å². The fraction of sp³-hybridized carbons (Fsp3) is 0.529. The Morgan fingerprint density at radius 3 is 2.74 bits per heavy atom. The summed E-state index contributed by atoms with van der Waals surface area (Å²) in [4.78, 5) is 26.8. The lowest BCUT2D eigenvalue weighted by Gasteiger charge is -2.34. The minimum absolute atomic E-state index is 0.00924. The number of anilines is 1. The quantitative estimate of drug-likeness (QED) is 0.860. The number of fused-ring (bicyclic) bond motifs is 1. The van der Waals surface area contributed by atoms with Crippen LogP contribution in [-0.2, 0) is 16.0 Å². The number of hydrogen-bond acceptors (Lipinski definition) is 4. The molecule has 3 rings (SSSR count). The van der Waals surface area contributed by atoms with E-state index < -0.39 is 6.10 Å². The summed E-state index contributed by atoms with van der Waals surface area (Å²) in [5.74, 6) is 0.140. The summed E-state index contributed by atoms with van der Waals surface area (Å²) in [6.45, 7) is 5.65. The average Bonchev–Trinajstić information content (AvgIpc) is 2.92. The Morgan fingerprint density at radius 1 is 1.30 bits per heavy atom. The summed E-state index contributed by atoms with van der Waals surface area (Å²) in [6.07, 6.45) is 0.519. The summed E-state index contributed by atoms with van der Waals surface area (Å²) in [5, 5.41) is 13.2. The van der Waals surface area contributed by atoms with Crippen LogP contribution in [0.15, 0.2) is 18.2 Å². The molecule has 2 amide bonds. The summed E-state index contributed by atoms with van der Waals surface area (Å²) in [6, 6.07) is 5.67. The van der Waals surface area contributed by atoms with E-state index in [4.69, 9.17) is 0 Å². The molecule has 0 aromatic heterocycles. The predicted octanol–water partition coefficient (Wildman–Crippen LogP) is 0.769. The molecule has 0 saturated carbocycles. The zero-order chi connectivity index (χ0) is 16.4. The molecule has 0 spiro atoms. The standard InChI is InChI=1S/C17H23N3O3/c1-12(21)20-8-6-19(7-9-20)5-4-16(22)13-2-3-15-14(10-13)11-17(23)18-15/h2-3,10,16,22H,4-9,11H2,1H3,(H,18,23). The molecule has 1 aromatic rings. The second-order valence-corrected chi connectivity index (χ2v) is 6.29. The number of rotatable bonds is 4. The Hall–Kier alpha value is -1.92. The van der Waals surface area contributed by atoms with Crippen molar-refractivity contribution in [2.24, 2.45) is 0 Å². The van der Waals surface area contributed by atoms with Crippen molar-refractivity contribution in [3.8, 4) is 0 Å². The highest BCUT2D eigenvalue weighted by Gasteiger charge is 2.21. The predicted molar refractivity (Wildman–Crippen MR) is 87.0 cm³/mol. The Morgan fingerprint density at radius 2 is 2.04 bits per heavy atom. The first-order chi connectivity index (χ1) is 11.0. The Bertz CT molecular complexity index is 609. The van der Waals surface area contributed by atoms with Gasteiger partial charge in [-0.2, -0.15) is 0 Å². The molecule has 2 heterocycles. The molecule has 2 aliphatic rings. The second-order valence-electron chi connectivity index (χ2n) is 6.29. The van der Waals surface area contributed by atoms with Crippen LogP contribution in [0.1, 0.15) is 30.6 Å². The van der Waals surface area contributed by atoms with Crippen molar-refractivity contribution in [1.29, 1.82) is 0 Å². The van der Waals surface area contributed by atoms with Gasteiger partial charge < -0.3 is 15.3 Å². The van der Waals surface area contributed by atoms with E-state index in [2.05, 4.69) is 10.2 Å². The summed E-state index contributed by atoms with van der Waals surface area (Å²) in [7, 11) is 0. The molecule has 2 aliphatic heterocycles. The number of benzene rings is 1. The molecule has 1 aromatic carbocycles. The Balaban J connectivity index is 1.50. The molecule has 1 unspecified atom stereocenters. The van der Waals surface area contributed by atoms with Gasteiger partial charge in [0.1, 0.15) is 0 Å². The van der Waals surface area contributed by atoms with Crippen LogP contribution in [-0.4, -0.2) is 59.4 Å². The molecule has 1 atom stereocenters. The van der Waals surface area contributed by atoms with Crippen molar-refractivity contribution in [3.05, 3.63) is 29.3 Å². The normalized spacial score (nSPS) is 19.4. The number of nitrogens with one attached hydrogen (secondary N) is 1. The molecule has 1 fully saturated rings. The summed E-state index contributed by atoms with van der Waals surface area (Å²) >= 11 is 0. The molecule has 0 aliphatic carbocycles. The zero-order valence-corrected chi connectivity index (χ0v) is 13.4. The molecule has 0 bridgehead atoms. The van der Waals surface area contributed by atoms with Gasteiger partial charge in [-0.15, -0.1) is 0 Å². The van der Waals surface area contributed by atoms with Crippen LogP contribution in [0.2, 0.25) is 0 Å². The van der Waals surface area contributed by atoms with Gasteiger partial charge in [0.05, 0.1) is 12.5 Å². The number of hydrogen-bond donors (Lipinski definition) is 2. The van der Waals surface area contributed by atoms with Gasteiger partial charge in [-0.25, -0.2) is 0 Å². The van der Waals surface area contributed by atoms with E-state index in [1.54, 1.807) is 6.92 Å². The average molecular weight is 317 g/mol. The number of piperazine rings is 1. The third-order valence-corrected chi connectivity index (χ3v) is 4.68. The van der Waals surface area contributed by atoms with E-state index >= 15 is 0 Å². The number of nitrogens with zero attached hydrogens (tertiary/aromatic N) is 2. The zero-order valence-electron chi connectivity index (χ0n) is 13.4. The molecule has 1 saturated heterocycles. The third-order valence-electron chi connectivity index (χ3n) is 4.68. The van der Waals surface area contributed by atoms with Crippen LogP contribution in [0.5, 0.6) is 0 Å². The van der Waals surface area contributed by atoms with Crippen molar-refractivity contribution < 1.29 is 14.7 Å². The van der Waals surface area contributed by atoms with E-state index in [-0.39, 0.29) is 11.8 Å². The maximum Gasteiger partial charge on any atom is 0.228 e. The van der Waals surface area contributed by atoms with Gasteiger partial charge in [-0.1, -0.05) is 12.1 Å². The van der Waals surface area contributed by atoms with Crippen LogP contribution < -0.4 is 5.32 Å². The lowest BCUT2D eigenvalue weighted by atomic mass is 10.0. The highest BCUT2D eigenvalue weighted by atomic mass is 16.3. The molecular weight excluding hydrogens is 294 g/mol. The maximum absolute atomic E-state index is 11.4. The fourth-order valence-corrected chi connectivity index (χ4v) is 3.21. The minimum Gasteiger partial charge on any atom is -0.388 e. The maximum atomic E-state index is 11.4. The lowest BCUT2D eigenvalue weighted by molar-refractivity contribution is -0.130. The van der Waals surface area contributed by atoms with E-state index in [0.29, 0.717) is 12.8 Å². The summed E-state index contributed by atoms with van der Waals surface area (Å²) in [5.41, 5.74) is 2.68. The van der Waals surface area contributed by atoms with Gasteiger partial charge in [0.2, 0.25) is 11.8 Å². The van der Waals surface area contributed by atoms with Crippen LogP contribution in [0.3, 0.4) is 0 Å². The first-order valence-electron chi connectivity index (χ1n) is 8.11. The Labute approximate surface area is 136 Å². The van der Waals surface area contributed by atoms with Gasteiger partial charge in [0.25, 0.3) is 0 Å². The number of carbonyl (C=O) groups excluding carboxylic acids is 2. The SMILES string of the molecule is CC(=O)N1CCN(CCC(O)c2ccc3c(c2)CC(=O)N3)CC1.